The van der Waals surface area contributed by atoms with Gasteiger partial charge in [-0.05, 0) is 66.7 Å². The Morgan fingerprint density at radius 1 is 0.473 bits per heavy atom. The van der Waals surface area contributed by atoms with Gasteiger partial charge in [0.25, 0.3) is 0 Å². The molecule has 0 aliphatic heterocycles. The Hall–Kier alpha value is -1.25. The summed E-state index contributed by atoms with van der Waals surface area (Å²) in [7, 11) is -1.48. The SMILES string of the molecule is CCCCCCCCCCCCCOP(OCCCCCCCCCCCCC)OC(C)C(c1cc(C)ccc1C(C)(C)C)c1cc(C)ccc1C(C)(C)C. The monoisotopic (exact) mass is 781 g/mol. The standard InChI is InChI=1S/C51H89O3P/c1-12-14-16-18-20-22-24-26-28-30-32-38-52-55(53-39-33-31-29-27-25-23-21-19-17-15-13-2)54-44(5)49(45-40-42(3)34-36-47(45)50(6,7)8)46-41-43(4)35-37-48(46)51(9,10)11/h34-37,40-41,44,49H,12-33,38-39H2,1-11H3. The Morgan fingerprint density at radius 2 is 0.782 bits per heavy atom. The van der Waals surface area contributed by atoms with Crippen LogP contribution >= 0.6 is 8.60 Å². The van der Waals surface area contributed by atoms with Crippen LogP contribution < -0.4 is 0 Å². The summed E-state index contributed by atoms with van der Waals surface area (Å²) >= 11 is 0. The van der Waals surface area contributed by atoms with Gasteiger partial charge in [-0.2, -0.15) is 0 Å². The van der Waals surface area contributed by atoms with Crippen LogP contribution in [0.4, 0.5) is 0 Å². The molecule has 2 aromatic rings. The number of rotatable bonds is 31. The van der Waals surface area contributed by atoms with E-state index in [2.05, 4.69) is 113 Å². The van der Waals surface area contributed by atoms with E-state index in [0.29, 0.717) is 13.2 Å². The molecule has 3 nitrogen and oxygen atoms in total. The summed E-state index contributed by atoms with van der Waals surface area (Å²) in [6, 6.07) is 14.1. The predicted octanol–water partition coefficient (Wildman–Crippen LogP) is 17.3. The van der Waals surface area contributed by atoms with E-state index < -0.39 is 8.60 Å². The molecule has 2 rings (SSSR count). The van der Waals surface area contributed by atoms with Gasteiger partial charge >= 0.3 is 8.60 Å². The molecular weight excluding hydrogens is 692 g/mol. The van der Waals surface area contributed by atoms with Crippen LogP contribution in [0.5, 0.6) is 0 Å². The van der Waals surface area contributed by atoms with Gasteiger partial charge in [0.05, 0.1) is 19.3 Å². The first-order valence-corrected chi connectivity index (χ1v) is 24.3. The Labute approximate surface area is 344 Å². The predicted molar refractivity (Wildman–Crippen MR) is 244 cm³/mol. The molecule has 0 N–H and O–H groups in total. The van der Waals surface area contributed by atoms with Gasteiger partial charge in [-0.1, -0.05) is 231 Å². The zero-order chi connectivity index (χ0) is 40.5. The normalized spacial score (nSPS) is 13.0. The van der Waals surface area contributed by atoms with Gasteiger partial charge in [0.15, 0.2) is 0 Å². The van der Waals surface area contributed by atoms with E-state index in [0.717, 1.165) is 12.8 Å². The van der Waals surface area contributed by atoms with Crippen molar-refractivity contribution in [2.45, 2.75) is 240 Å². The fourth-order valence-corrected chi connectivity index (χ4v) is 9.17. The zero-order valence-electron chi connectivity index (χ0n) is 38.3. The fourth-order valence-electron chi connectivity index (χ4n) is 8.02. The highest BCUT2D eigenvalue weighted by atomic mass is 31.2. The van der Waals surface area contributed by atoms with Crippen molar-refractivity contribution in [1.82, 2.24) is 0 Å². The molecule has 4 heteroatoms. The lowest BCUT2D eigenvalue weighted by atomic mass is 9.72. The third-order valence-electron chi connectivity index (χ3n) is 11.3. The summed E-state index contributed by atoms with van der Waals surface area (Å²) in [5.74, 6) is 0.0457. The van der Waals surface area contributed by atoms with Crippen LogP contribution in [0.25, 0.3) is 0 Å². The molecule has 0 aliphatic carbocycles. The number of hydrogen-bond donors (Lipinski definition) is 0. The van der Waals surface area contributed by atoms with Crippen molar-refractivity contribution in [1.29, 1.82) is 0 Å². The lowest BCUT2D eigenvalue weighted by Gasteiger charge is -2.35. The molecule has 1 unspecified atom stereocenters. The smallest absolute Gasteiger partial charge is 0.312 e. The first-order chi connectivity index (χ1) is 26.3. The maximum absolute atomic E-state index is 7.06. The highest BCUT2D eigenvalue weighted by Gasteiger charge is 2.34. The van der Waals surface area contributed by atoms with Crippen LogP contribution in [0.1, 0.15) is 243 Å². The van der Waals surface area contributed by atoms with E-state index in [1.807, 2.05) is 0 Å². The van der Waals surface area contributed by atoms with E-state index in [1.165, 1.54) is 162 Å². The van der Waals surface area contributed by atoms with Gasteiger partial charge < -0.3 is 13.6 Å². The Kier molecular flexibility index (Phi) is 25.6. The molecule has 2 aromatic carbocycles. The molecule has 0 aromatic heterocycles. The lowest BCUT2D eigenvalue weighted by Crippen LogP contribution is -2.27. The van der Waals surface area contributed by atoms with Gasteiger partial charge in [0, 0.05) is 5.92 Å². The summed E-state index contributed by atoms with van der Waals surface area (Å²) in [5.41, 5.74) is 8.05. The minimum atomic E-state index is -1.48. The molecule has 0 radical (unpaired) electrons. The largest absolute Gasteiger partial charge is 0.332 e. The molecule has 0 bridgehead atoms. The van der Waals surface area contributed by atoms with Crippen LogP contribution in [0.15, 0.2) is 36.4 Å². The maximum atomic E-state index is 7.06. The van der Waals surface area contributed by atoms with E-state index in [4.69, 9.17) is 13.6 Å². The Balaban J connectivity index is 2.17. The molecule has 1 atom stereocenters. The summed E-state index contributed by atoms with van der Waals surface area (Å²) in [6.45, 7) is 26.7. The summed E-state index contributed by atoms with van der Waals surface area (Å²) in [4.78, 5) is 0. The summed E-state index contributed by atoms with van der Waals surface area (Å²) in [5, 5.41) is 0. The van der Waals surface area contributed by atoms with E-state index >= 15 is 0 Å². The highest BCUT2D eigenvalue weighted by molar-refractivity contribution is 7.41. The fraction of sp³-hybridized carbons (Fsp3) is 0.765. The van der Waals surface area contributed by atoms with E-state index in [-0.39, 0.29) is 22.9 Å². The first-order valence-electron chi connectivity index (χ1n) is 23.2. The highest BCUT2D eigenvalue weighted by Crippen LogP contribution is 2.48. The van der Waals surface area contributed by atoms with Crippen LogP contribution in [0, 0.1) is 13.8 Å². The third-order valence-corrected chi connectivity index (χ3v) is 12.6. The van der Waals surface area contributed by atoms with Gasteiger partial charge in [-0.15, -0.1) is 0 Å². The van der Waals surface area contributed by atoms with Crippen molar-refractivity contribution in [3.05, 3.63) is 69.8 Å². The van der Waals surface area contributed by atoms with Crippen molar-refractivity contribution in [3.63, 3.8) is 0 Å². The topological polar surface area (TPSA) is 27.7 Å². The molecule has 0 saturated heterocycles. The maximum Gasteiger partial charge on any atom is 0.332 e. The van der Waals surface area contributed by atoms with Crippen molar-refractivity contribution in [2.75, 3.05) is 13.2 Å². The second-order valence-corrected chi connectivity index (χ2v) is 20.1. The average Bonchev–Trinajstić information content (AvgIpc) is 3.11. The van der Waals surface area contributed by atoms with Crippen molar-refractivity contribution < 1.29 is 13.6 Å². The van der Waals surface area contributed by atoms with Gasteiger partial charge in [0.1, 0.15) is 0 Å². The zero-order valence-corrected chi connectivity index (χ0v) is 39.2. The number of benzene rings is 2. The van der Waals surface area contributed by atoms with Crippen molar-refractivity contribution in [2.24, 2.45) is 0 Å². The van der Waals surface area contributed by atoms with Crippen LogP contribution in [0.3, 0.4) is 0 Å². The number of hydrogen-bond acceptors (Lipinski definition) is 3. The summed E-state index contributed by atoms with van der Waals surface area (Å²) in [6.07, 6.45) is 29.1. The van der Waals surface area contributed by atoms with Crippen molar-refractivity contribution in [3.8, 4) is 0 Å². The number of unbranched alkanes of at least 4 members (excludes halogenated alkanes) is 20. The molecule has 0 aliphatic rings. The lowest BCUT2D eigenvalue weighted by molar-refractivity contribution is 0.115. The Bertz CT molecular complexity index is 1170. The first kappa shape index (κ1) is 49.9. The Morgan fingerprint density at radius 3 is 1.09 bits per heavy atom. The number of aryl methyl sites for hydroxylation is 2. The van der Waals surface area contributed by atoms with Gasteiger partial charge in [0.2, 0.25) is 0 Å². The molecular formula is C51H89O3P. The molecule has 0 saturated carbocycles. The van der Waals surface area contributed by atoms with Crippen molar-refractivity contribution >= 4 is 8.60 Å². The second-order valence-electron chi connectivity index (χ2n) is 18.9. The molecule has 0 fully saturated rings. The van der Waals surface area contributed by atoms with E-state index in [1.54, 1.807) is 0 Å². The van der Waals surface area contributed by atoms with Gasteiger partial charge in [-0.25, -0.2) is 0 Å². The molecule has 55 heavy (non-hydrogen) atoms. The molecule has 316 valence electrons. The molecule has 0 amide bonds. The molecule has 0 spiro atoms. The second kappa shape index (κ2) is 28.2. The van der Waals surface area contributed by atoms with Crippen LogP contribution in [-0.2, 0) is 24.4 Å². The minimum Gasteiger partial charge on any atom is -0.312 e. The van der Waals surface area contributed by atoms with Crippen LogP contribution in [-0.4, -0.2) is 19.3 Å². The summed E-state index contributed by atoms with van der Waals surface area (Å²) < 4.78 is 20.2. The van der Waals surface area contributed by atoms with E-state index in [9.17, 15) is 0 Å². The minimum absolute atomic E-state index is 0.00539. The van der Waals surface area contributed by atoms with Gasteiger partial charge in [-0.3, -0.25) is 0 Å². The average molecular weight is 781 g/mol. The quantitative estimate of drug-likeness (QED) is 0.0563. The third kappa shape index (κ3) is 20.8. The van der Waals surface area contributed by atoms with Crippen LogP contribution in [0.2, 0.25) is 0 Å². The molecule has 0 heterocycles.